The van der Waals surface area contributed by atoms with Crippen LogP contribution in [0, 0.1) is 5.92 Å². The zero-order valence-corrected chi connectivity index (χ0v) is 10.7. The van der Waals surface area contributed by atoms with Crippen molar-refractivity contribution in [2.45, 2.75) is 58.4 Å². The molecule has 1 fully saturated rings. The smallest absolute Gasteiger partial charge is 0.133 e. The standard InChI is InChI=1S/C14H22N2O/c1-2-8-16-9-7-15-14(16)11-12-5-3-4-6-13(17)10-12/h7,9,12H,2-6,8,10-11H2,1H3. The minimum Gasteiger partial charge on any atom is -0.335 e. The van der Waals surface area contributed by atoms with E-state index in [4.69, 9.17) is 0 Å². The predicted octanol–water partition coefficient (Wildman–Crippen LogP) is 2.99. The number of carbonyl (C=O) groups excluding carboxylic acids is 1. The molecule has 1 atom stereocenters. The molecular weight excluding hydrogens is 212 g/mol. The maximum absolute atomic E-state index is 11.6. The van der Waals surface area contributed by atoms with E-state index in [1.54, 1.807) is 0 Å². The number of ketones is 1. The molecule has 1 aromatic rings. The van der Waals surface area contributed by atoms with E-state index in [9.17, 15) is 4.79 Å². The maximum atomic E-state index is 11.6. The van der Waals surface area contributed by atoms with Gasteiger partial charge in [-0.15, -0.1) is 0 Å². The van der Waals surface area contributed by atoms with Gasteiger partial charge in [0.15, 0.2) is 0 Å². The van der Waals surface area contributed by atoms with Gasteiger partial charge in [-0.25, -0.2) is 4.98 Å². The molecule has 1 heterocycles. The Balaban J connectivity index is 1.98. The van der Waals surface area contributed by atoms with Crippen LogP contribution in [0.5, 0.6) is 0 Å². The Morgan fingerprint density at radius 1 is 1.47 bits per heavy atom. The summed E-state index contributed by atoms with van der Waals surface area (Å²) >= 11 is 0. The fourth-order valence-corrected chi connectivity index (χ4v) is 2.69. The zero-order valence-electron chi connectivity index (χ0n) is 10.7. The van der Waals surface area contributed by atoms with Gasteiger partial charge in [-0.3, -0.25) is 4.79 Å². The Labute approximate surface area is 103 Å². The van der Waals surface area contributed by atoms with Crippen molar-refractivity contribution in [2.75, 3.05) is 0 Å². The Hall–Kier alpha value is -1.12. The Kier molecular flexibility index (Phi) is 4.35. The first-order chi connectivity index (χ1) is 8.29. The molecule has 0 aromatic carbocycles. The average molecular weight is 234 g/mol. The number of hydrogen-bond acceptors (Lipinski definition) is 2. The third-order valence-electron chi connectivity index (χ3n) is 3.57. The van der Waals surface area contributed by atoms with Gasteiger partial charge in [0, 0.05) is 38.2 Å². The van der Waals surface area contributed by atoms with Crippen LogP contribution in [0.25, 0.3) is 0 Å². The first-order valence-electron chi connectivity index (χ1n) is 6.81. The van der Waals surface area contributed by atoms with Crippen molar-refractivity contribution in [2.24, 2.45) is 5.92 Å². The van der Waals surface area contributed by atoms with E-state index in [0.29, 0.717) is 11.7 Å². The van der Waals surface area contributed by atoms with Crippen molar-refractivity contribution in [1.82, 2.24) is 9.55 Å². The van der Waals surface area contributed by atoms with Crippen molar-refractivity contribution in [1.29, 1.82) is 0 Å². The van der Waals surface area contributed by atoms with Crippen molar-refractivity contribution in [3.05, 3.63) is 18.2 Å². The third kappa shape index (κ3) is 3.42. The summed E-state index contributed by atoms with van der Waals surface area (Å²) < 4.78 is 2.23. The monoisotopic (exact) mass is 234 g/mol. The lowest BCUT2D eigenvalue weighted by atomic mass is 9.96. The summed E-state index contributed by atoms with van der Waals surface area (Å²) in [5, 5.41) is 0. The summed E-state index contributed by atoms with van der Waals surface area (Å²) in [6.45, 7) is 3.22. The number of imidazole rings is 1. The first kappa shape index (κ1) is 12.3. The zero-order chi connectivity index (χ0) is 12.1. The average Bonchev–Trinajstić information content (AvgIpc) is 2.61. The van der Waals surface area contributed by atoms with E-state index in [1.165, 1.54) is 12.8 Å². The lowest BCUT2D eigenvalue weighted by Gasteiger charge is -2.14. The van der Waals surface area contributed by atoms with Crippen molar-refractivity contribution in [3.8, 4) is 0 Å². The van der Waals surface area contributed by atoms with Crippen LogP contribution in [0.15, 0.2) is 12.4 Å². The molecule has 1 aliphatic rings. The summed E-state index contributed by atoms with van der Waals surface area (Å²) in [4.78, 5) is 16.0. The fourth-order valence-electron chi connectivity index (χ4n) is 2.69. The third-order valence-corrected chi connectivity index (χ3v) is 3.57. The van der Waals surface area contributed by atoms with Gasteiger partial charge in [-0.1, -0.05) is 13.3 Å². The number of carbonyl (C=O) groups is 1. The Morgan fingerprint density at radius 2 is 2.35 bits per heavy atom. The number of Topliss-reactive ketones (excluding diaryl/α,β-unsaturated/α-hetero) is 1. The minimum atomic E-state index is 0.445. The molecule has 3 heteroatoms. The molecule has 94 valence electrons. The minimum absolute atomic E-state index is 0.445. The van der Waals surface area contributed by atoms with Crippen LogP contribution in [0.4, 0.5) is 0 Å². The van der Waals surface area contributed by atoms with E-state index in [2.05, 4.69) is 22.7 Å². The van der Waals surface area contributed by atoms with Gasteiger partial charge in [-0.05, 0) is 25.2 Å². The summed E-state index contributed by atoms with van der Waals surface area (Å²) in [5.74, 6) is 2.12. The summed E-state index contributed by atoms with van der Waals surface area (Å²) in [7, 11) is 0. The Bertz CT molecular complexity index is 370. The molecule has 17 heavy (non-hydrogen) atoms. The van der Waals surface area contributed by atoms with Crippen LogP contribution in [-0.2, 0) is 17.8 Å². The second kappa shape index (κ2) is 5.99. The van der Waals surface area contributed by atoms with Crippen LogP contribution in [0.3, 0.4) is 0 Å². The molecule has 0 N–H and O–H groups in total. The van der Waals surface area contributed by atoms with Gasteiger partial charge in [0.05, 0.1) is 0 Å². The number of nitrogens with zero attached hydrogens (tertiary/aromatic N) is 2. The number of rotatable bonds is 4. The highest BCUT2D eigenvalue weighted by Crippen LogP contribution is 2.23. The van der Waals surface area contributed by atoms with E-state index < -0.39 is 0 Å². The quantitative estimate of drug-likeness (QED) is 0.751. The lowest BCUT2D eigenvalue weighted by Crippen LogP contribution is -2.12. The van der Waals surface area contributed by atoms with Gasteiger partial charge >= 0.3 is 0 Å². The molecular formula is C14H22N2O. The molecule has 3 nitrogen and oxygen atoms in total. The maximum Gasteiger partial charge on any atom is 0.133 e. The van der Waals surface area contributed by atoms with Crippen molar-refractivity contribution in [3.63, 3.8) is 0 Å². The topological polar surface area (TPSA) is 34.9 Å². The highest BCUT2D eigenvalue weighted by Gasteiger charge is 2.19. The van der Waals surface area contributed by atoms with Crippen molar-refractivity contribution >= 4 is 5.78 Å². The van der Waals surface area contributed by atoms with E-state index in [-0.39, 0.29) is 0 Å². The van der Waals surface area contributed by atoms with E-state index in [0.717, 1.165) is 44.5 Å². The highest BCUT2D eigenvalue weighted by molar-refractivity contribution is 5.78. The molecule has 0 saturated heterocycles. The lowest BCUT2D eigenvalue weighted by molar-refractivity contribution is -0.119. The molecule has 0 amide bonds. The molecule has 1 saturated carbocycles. The number of hydrogen-bond donors (Lipinski definition) is 0. The second-order valence-electron chi connectivity index (χ2n) is 5.10. The second-order valence-corrected chi connectivity index (χ2v) is 5.10. The van der Waals surface area contributed by atoms with Crippen molar-refractivity contribution < 1.29 is 4.79 Å². The molecule has 1 aromatic heterocycles. The predicted molar refractivity (Wildman–Crippen MR) is 67.8 cm³/mol. The first-order valence-corrected chi connectivity index (χ1v) is 6.81. The summed E-state index contributed by atoms with van der Waals surface area (Å²) in [5.41, 5.74) is 0. The van der Waals surface area contributed by atoms with E-state index >= 15 is 0 Å². The molecule has 2 rings (SSSR count). The summed E-state index contributed by atoms with van der Waals surface area (Å²) in [6.07, 6.45) is 11.1. The largest absolute Gasteiger partial charge is 0.335 e. The highest BCUT2D eigenvalue weighted by atomic mass is 16.1. The molecule has 1 unspecified atom stereocenters. The molecule has 0 aliphatic heterocycles. The van der Waals surface area contributed by atoms with E-state index in [1.807, 2.05) is 6.20 Å². The normalized spacial score (nSPS) is 21.5. The van der Waals surface area contributed by atoms with Gasteiger partial charge < -0.3 is 4.57 Å². The molecule has 1 aliphatic carbocycles. The molecule has 0 radical (unpaired) electrons. The molecule has 0 spiro atoms. The van der Waals surface area contributed by atoms with Crippen LogP contribution >= 0.6 is 0 Å². The van der Waals surface area contributed by atoms with Crippen LogP contribution in [0.2, 0.25) is 0 Å². The SMILES string of the molecule is CCCn1ccnc1CC1CCCCC(=O)C1. The van der Waals surface area contributed by atoms with Crippen LogP contribution in [0.1, 0.15) is 51.3 Å². The summed E-state index contributed by atoms with van der Waals surface area (Å²) in [6, 6.07) is 0. The van der Waals surface area contributed by atoms with Gasteiger partial charge in [0.25, 0.3) is 0 Å². The fraction of sp³-hybridized carbons (Fsp3) is 0.714. The van der Waals surface area contributed by atoms with Gasteiger partial charge in [-0.2, -0.15) is 0 Å². The van der Waals surface area contributed by atoms with Gasteiger partial charge in [0.2, 0.25) is 0 Å². The van der Waals surface area contributed by atoms with Crippen LogP contribution in [-0.4, -0.2) is 15.3 Å². The number of aryl methyl sites for hydroxylation is 1. The number of aromatic nitrogens is 2. The Morgan fingerprint density at radius 3 is 3.18 bits per heavy atom. The van der Waals surface area contributed by atoms with Crippen LogP contribution < -0.4 is 0 Å². The van der Waals surface area contributed by atoms with Gasteiger partial charge in [0.1, 0.15) is 11.6 Å². The molecule has 0 bridgehead atoms.